The highest BCUT2D eigenvalue weighted by Gasteiger charge is 2.45. The molecule has 2 aromatic heterocycles. The van der Waals surface area contributed by atoms with E-state index in [4.69, 9.17) is 10.5 Å². The lowest BCUT2D eigenvalue weighted by atomic mass is 10.1. The van der Waals surface area contributed by atoms with Crippen molar-refractivity contribution in [2.75, 3.05) is 12.3 Å². The minimum absolute atomic E-state index is 0.0339. The number of aliphatic hydroxyl groups is 3. The molecule has 154 valence electrons. The molecule has 1 fully saturated rings. The maximum absolute atomic E-state index is 12.3. The largest absolute Gasteiger partial charge is 0.394 e. The predicted molar refractivity (Wildman–Crippen MR) is 109 cm³/mol. The molecule has 12 heteroatoms. The molecule has 0 spiro atoms. The monoisotopic (exact) mass is 483 g/mol. The Labute approximate surface area is 176 Å². The first-order valence-corrected chi connectivity index (χ1v) is 10.4. The summed E-state index contributed by atoms with van der Waals surface area (Å²) in [6, 6.07) is 7.67. The molecule has 4 atom stereocenters. The van der Waals surface area contributed by atoms with Gasteiger partial charge in [-0.3, -0.25) is 14.3 Å². The number of hydrogen-bond acceptors (Lipinski definition) is 9. The molecule has 6 N–H and O–H groups in total. The number of H-pyrrole nitrogens is 1. The maximum atomic E-state index is 12.3. The topological polar surface area (TPSA) is 160 Å². The van der Waals surface area contributed by atoms with E-state index in [1.807, 2.05) is 24.3 Å². The van der Waals surface area contributed by atoms with Gasteiger partial charge in [-0.1, -0.05) is 45.9 Å². The number of rotatable bonds is 5. The zero-order chi connectivity index (χ0) is 20.7. The first-order valence-electron chi connectivity index (χ1n) is 8.67. The molecule has 1 aliphatic rings. The Bertz CT molecular complexity index is 1110. The standard InChI is InChI=1S/C17H18BrN5O5S/c18-8-4-2-1-3-7(8)6-29-17-20-10-13(21-16(19)22-14(10)27)23(17)15-12(26)11(25)9(5-24)28-15/h1-4,9,11-12,15,24-26H,5-6H2,(H3,19,21,22,27)/t9-,11+,12-,15+/m0/s1. The lowest BCUT2D eigenvalue weighted by Gasteiger charge is -2.19. The number of aliphatic hydroxyl groups excluding tert-OH is 3. The van der Waals surface area contributed by atoms with Gasteiger partial charge in [0.1, 0.15) is 18.3 Å². The van der Waals surface area contributed by atoms with E-state index in [1.54, 1.807) is 0 Å². The maximum Gasteiger partial charge on any atom is 0.280 e. The molecule has 0 bridgehead atoms. The summed E-state index contributed by atoms with van der Waals surface area (Å²) in [6.07, 6.45) is -4.73. The molecule has 0 amide bonds. The number of fused-ring (bicyclic) bond motifs is 1. The number of aromatic amines is 1. The van der Waals surface area contributed by atoms with Crippen molar-refractivity contribution in [3.8, 4) is 0 Å². The number of thioether (sulfide) groups is 1. The zero-order valence-corrected chi connectivity index (χ0v) is 17.3. The Morgan fingerprint density at radius 1 is 1.28 bits per heavy atom. The number of nitrogens with one attached hydrogen (secondary N) is 1. The van der Waals surface area contributed by atoms with Crippen LogP contribution in [0.3, 0.4) is 0 Å². The van der Waals surface area contributed by atoms with Crippen LogP contribution in [-0.2, 0) is 10.5 Å². The van der Waals surface area contributed by atoms with E-state index in [0.29, 0.717) is 10.9 Å². The number of imidazole rings is 1. The minimum Gasteiger partial charge on any atom is -0.394 e. The summed E-state index contributed by atoms with van der Waals surface area (Å²) in [7, 11) is 0. The van der Waals surface area contributed by atoms with Crippen LogP contribution in [0.2, 0.25) is 0 Å². The van der Waals surface area contributed by atoms with Crippen LogP contribution in [0.4, 0.5) is 5.95 Å². The van der Waals surface area contributed by atoms with Gasteiger partial charge in [-0.2, -0.15) is 4.98 Å². The molecule has 0 saturated carbocycles. The van der Waals surface area contributed by atoms with Crippen molar-refractivity contribution < 1.29 is 20.1 Å². The highest BCUT2D eigenvalue weighted by molar-refractivity contribution is 9.10. The quantitative estimate of drug-likeness (QED) is 0.323. The average Bonchev–Trinajstić information content (AvgIpc) is 3.19. The molecule has 0 radical (unpaired) electrons. The van der Waals surface area contributed by atoms with Crippen molar-refractivity contribution in [1.29, 1.82) is 0 Å². The lowest BCUT2D eigenvalue weighted by molar-refractivity contribution is -0.0548. The fourth-order valence-electron chi connectivity index (χ4n) is 3.16. The number of nitrogen functional groups attached to an aromatic ring is 1. The molecule has 0 unspecified atom stereocenters. The Kier molecular flexibility index (Phi) is 5.64. The Hall–Kier alpha value is -1.96. The van der Waals surface area contributed by atoms with Gasteiger partial charge < -0.3 is 25.8 Å². The second-order valence-corrected chi connectivity index (χ2v) is 8.29. The van der Waals surface area contributed by atoms with E-state index in [9.17, 15) is 20.1 Å². The summed E-state index contributed by atoms with van der Waals surface area (Å²) in [4.78, 5) is 23.2. The SMILES string of the molecule is Nc1nc2c(nc(SCc3ccccc3Br)n2[C@@H]2O[C@@H](CO)[C@@H](O)[C@@H]2O)c(=O)[nH]1. The van der Waals surface area contributed by atoms with E-state index in [-0.39, 0.29) is 17.1 Å². The smallest absolute Gasteiger partial charge is 0.280 e. The van der Waals surface area contributed by atoms with Crippen LogP contribution in [0.25, 0.3) is 11.2 Å². The second-order valence-electron chi connectivity index (χ2n) is 6.50. The van der Waals surface area contributed by atoms with Gasteiger partial charge in [0.15, 0.2) is 22.5 Å². The van der Waals surface area contributed by atoms with Crippen LogP contribution in [0.15, 0.2) is 38.7 Å². The van der Waals surface area contributed by atoms with Gasteiger partial charge in [0.2, 0.25) is 5.95 Å². The third-order valence-corrected chi connectivity index (χ3v) is 6.40. The zero-order valence-electron chi connectivity index (χ0n) is 14.9. The van der Waals surface area contributed by atoms with Gasteiger partial charge in [0, 0.05) is 10.2 Å². The normalized spacial score (nSPS) is 24.4. The number of hydrogen-bond donors (Lipinski definition) is 5. The minimum atomic E-state index is -1.35. The van der Waals surface area contributed by atoms with Crippen molar-refractivity contribution in [3.05, 3.63) is 44.7 Å². The van der Waals surface area contributed by atoms with Crippen LogP contribution in [0.5, 0.6) is 0 Å². The van der Waals surface area contributed by atoms with Crippen LogP contribution < -0.4 is 11.3 Å². The Balaban J connectivity index is 1.79. The Morgan fingerprint density at radius 2 is 2.03 bits per heavy atom. The molecular formula is C17H18BrN5O5S. The molecule has 3 aromatic rings. The Morgan fingerprint density at radius 3 is 2.72 bits per heavy atom. The van der Waals surface area contributed by atoms with Gasteiger partial charge >= 0.3 is 0 Å². The molecule has 3 heterocycles. The number of aromatic nitrogens is 4. The summed E-state index contributed by atoms with van der Waals surface area (Å²) < 4.78 is 8.00. The molecule has 4 rings (SSSR count). The first kappa shape index (κ1) is 20.3. The summed E-state index contributed by atoms with van der Waals surface area (Å²) >= 11 is 4.80. The van der Waals surface area contributed by atoms with Crippen LogP contribution in [-0.4, -0.2) is 59.8 Å². The fraction of sp³-hybridized carbons (Fsp3) is 0.353. The average molecular weight is 484 g/mol. The number of benzene rings is 1. The number of nitrogens with zero attached hydrogens (tertiary/aromatic N) is 3. The molecular weight excluding hydrogens is 466 g/mol. The number of ether oxygens (including phenoxy) is 1. The van der Waals surface area contributed by atoms with Gasteiger partial charge in [0.25, 0.3) is 5.56 Å². The highest BCUT2D eigenvalue weighted by atomic mass is 79.9. The third-order valence-electron chi connectivity index (χ3n) is 4.62. The second kappa shape index (κ2) is 8.05. The number of nitrogens with two attached hydrogens (primary N) is 1. The van der Waals surface area contributed by atoms with E-state index < -0.39 is 36.7 Å². The van der Waals surface area contributed by atoms with Gasteiger partial charge in [-0.05, 0) is 11.6 Å². The summed E-state index contributed by atoms with van der Waals surface area (Å²) in [6.45, 7) is -0.475. The van der Waals surface area contributed by atoms with Crippen LogP contribution in [0.1, 0.15) is 11.8 Å². The van der Waals surface area contributed by atoms with Gasteiger partial charge in [-0.25, -0.2) is 4.98 Å². The van der Waals surface area contributed by atoms with E-state index in [1.165, 1.54) is 16.3 Å². The first-order chi connectivity index (χ1) is 13.9. The summed E-state index contributed by atoms with van der Waals surface area (Å²) in [5.74, 6) is 0.394. The van der Waals surface area contributed by atoms with Crippen molar-refractivity contribution in [3.63, 3.8) is 0 Å². The van der Waals surface area contributed by atoms with Gasteiger partial charge in [0.05, 0.1) is 6.61 Å². The summed E-state index contributed by atoms with van der Waals surface area (Å²) in [5.41, 5.74) is 6.31. The van der Waals surface area contributed by atoms with Crippen LogP contribution >= 0.6 is 27.7 Å². The highest BCUT2D eigenvalue weighted by Crippen LogP contribution is 2.36. The van der Waals surface area contributed by atoms with E-state index in [2.05, 4.69) is 30.9 Å². The molecule has 0 aliphatic carbocycles. The number of halogens is 1. The van der Waals surface area contributed by atoms with Crippen molar-refractivity contribution in [1.82, 2.24) is 19.5 Å². The van der Waals surface area contributed by atoms with Gasteiger partial charge in [-0.15, -0.1) is 0 Å². The van der Waals surface area contributed by atoms with Crippen LogP contribution in [0, 0.1) is 0 Å². The molecule has 10 nitrogen and oxygen atoms in total. The molecule has 29 heavy (non-hydrogen) atoms. The van der Waals surface area contributed by atoms with Crippen molar-refractivity contribution >= 4 is 44.8 Å². The van der Waals surface area contributed by atoms with Crippen molar-refractivity contribution in [2.24, 2.45) is 0 Å². The van der Waals surface area contributed by atoms with E-state index in [0.717, 1.165) is 10.0 Å². The third kappa shape index (κ3) is 3.67. The predicted octanol–water partition coefficient (Wildman–Crippen LogP) is 0.368. The van der Waals surface area contributed by atoms with Crippen molar-refractivity contribution in [2.45, 2.75) is 35.4 Å². The number of anilines is 1. The molecule has 1 aromatic carbocycles. The summed E-state index contributed by atoms with van der Waals surface area (Å²) in [5, 5.41) is 30.4. The fourth-order valence-corrected chi connectivity index (χ4v) is 4.80. The van der Waals surface area contributed by atoms with E-state index >= 15 is 0 Å². The molecule has 1 saturated heterocycles. The molecule has 1 aliphatic heterocycles. The lowest BCUT2D eigenvalue weighted by Crippen LogP contribution is -2.33.